The number of nitrogens with one attached hydrogen (secondary N) is 1. The predicted octanol–water partition coefficient (Wildman–Crippen LogP) is 1.77. The van der Waals surface area contributed by atoms with Gasteiger partial charge in [0.1, 0.15) is 5.60 Å². The number of ether oxygens (including phenoxy) is 1. The molecule has 0 aromatic carbocycles. The van der Waals surface area contributed by atoms with Crippen molar-refractivity contribution in [3.63, 3.8) is 0 Å². The smallest absolute Gasteiger partial charge is 0.418 e. The summed E-state index contributed by atoms with van der Waals surface area (Å²) in [5, 5.41) is 3.44. The molecule has 81 valence electrons. The molecule has 0 aromatic heterocycles. The summed E-state index contributed by atoms with van der Waals surface area (Å²) in [6.07, 6.45) is 6.50. The van der Waals surface area contributed by atoms with E-state index < -0.39 is 5.60 Å². The van der Waals surface area contributed by atoms with E-state index in [1.165, 1.54) is 38.6 Å². The molecule has 0 aromatic rings. The second-order valence-corrected chi connectivity index (χ2v) is 4.66. The fraction of sp³-hybridized carbons (Fsp3) is 0.909. The molecule has 1 rings (SSSR count). The van der Waals surface area contributed by atoms with Crippen molar-refractivity contribution in [3.05, 3.63) is 0 Å². The number of rotatable bonds is 5. The van der Waals surface area contributed by atoms with Crippen LogP contribution in [0.1, 0.15) is 46.0 Å². The van der Waals surface area contributed by atoms with E-state index in [1.807, 2.05) is 13.8 Å². The van der Waals surface area contributed by atoms with Crippen molar-refractivity contribution in [1.82, 2.24) is 5.32 Å². The molecular formula is C11H20NO2. The number of hydrogen-bond donors (Lipinski definition) is 1. The molecule has 0 heterocycles. The molecule has 14 heavy (non-hydrogen) atoms. The van der Waals surface area contributed by atoms with Gasteiger partial charge in [0.05, 0.1) is 0 Å². The van der Waals surface area contributed by atoms with E-state index in [2.05, 4.69) is 5.32 Å². The Hall–Kier alpha value is -0.570. The van der Waals surface area contributed by atoms with Crippen molar-refractivity contribution in [2.24, 2.45) is 0 Å². The summed E-state index contributed by atoms with van der Waals surface area (Å²) in [5.74, 6) is 0. The zero-order valence-electron chi connectivity index (χ0n) is 9.14. The third-order valence-corrected chi connectivity index (χ3v) is 2.74. The Morgan fingerprint density at radius 3 is 2.57 bits per heavy atom. The third kappa shape index (κ3) is 4.09. The fourth-order valence-corrected chi connectivity index (χ4v) is 1.85. The molecule has 0 spiro atoms. The van der Waals surface area contributed by atoms with Crippen molar-refractivity contribution in [1.29, 1.82) is 0 Å². The zero-order chi connectivity index (χ0) is 10.4. The highest BCUT2D eigenvalue weighted by atomic mass is 16.5. The molecule has 1 aliphatic carbocycles. The second-order valence-electron chi connectivity index (χ2n) is 4.66. The first-order chi connectivity index (χ1) is 6.64. The lowest BCUT2D eigenvalue weighted by molar-refractivity contribution is 0.0832. The molecule has 3 nitrogen and oxygen atoms in total. The third-order valence-electron chi connectivity index (χ3n) is 2.74. The minimum Gasteiger partial charge on any atom is -0.450 e. The predicted molar refractivity (Wildman–Crippen MR) is 55.7 cm³/mol. The first kappa shape index (κ1) is 11.5. The molecule has 1 saturated carbocycles. The molecule has 0 amide bonds. The zero-order valence-corrected chi connectivity index (χ0v) is 9.14. The van der Waals surface area contributed by atoms with Crippen LogP contribution in [0.25, 0.3) is 0 Å². The van der Waals surface area contributed by atoms with Crippen LogP contribution in [0.5, 0.6) is 0 Å². The minimum absolute atomic E-state index is 0.431. The summed E-state index contributed by atoms with van der Waals surface area (Å²) in [7, 11) is 0. The van der Waals surface area contributed by atoms with Crippen LogP contribution in [0.2, 0.25) is 0 Å². The van der Waals surface area contributed by atoms with Crippen molar-refractivity contribution in [2.45, 2.75) is 57.6 Å². The van der Waals surface area contributed by atoms with Crippen LogP contribution in [0.4, 0.5) is 0 Å². The number of hydrogen-bond acceptors (Lipinski definition) is 3. The molecule has 3 heteroatoms. The summed E-state index contributed by atoms with van der Waals surface area (Å²) in [4.78, 5) is 10.1. The Labute approximate surface area is 86.2 Å². The van der Waals surface area contributed by atoms with Gasteiger partial charge in [0.15, 0.2) is 0 Å². The van der Waals surface area contributed by atoms with Crippen LogP contribution in [0.3, 0.4) is 0 Å². The van der Waals surface area contributed by atoms with E-state index in [-0.39, 0.29) is 0 Å². The summed E-state index contributed by atoms with van der Waals surface area (Å²) in [6, 6.07) is 0.610. The van der Waals surface area contributed by atoms with Gasteiger partial charge in [0, 0.05) is 12.6 Å². The SMILES string of the molecule is CC(C)(CNC1CCCCC1)O[C]=O. The highest BCUT2D eigenvalue weighted by Gasteiger charge is 2.21. The summed E-state index contributed by atoms with van der Waals surface area (Å²) >= 11 is 0. The molecule has 0 unspecified atom stereocenters. The Kier molecular flexibility index (Phi) is 4.39. The summed E-state index contributed by atoms with van der Waals surface area (Å²) in [5.41, 5.74) is -0.431. The molecule has 0 atom stereocenters. The Bertz CT molecular complexity index is 174. The largest absolute Gasteiger partial charge is 0.450 e. The van der Waals surface area contributed by atoms with Crippen LogP contribution in [0.15, 0.2) is 0 Å². The van der Waals surface area contributed by atoms with Crippen molar-refractivity contribution < 1.29 is 9.53 Å². The van der Waals surface area contributed by atoms with Gasteiger partial charge in [0.2, 0.25) is 0 Å². The molecule has 1 radical (unpaired) electrons. The van der Waals surface area contributed by atoms with Crippen LogP contribution >= 0.6 is 0 Å². The molecule has 0 saturated heterocycles. The van der Waals surface area contributed by atoms with Gasteiger partial charge >= 0.3 is 6.47 Å². The number of carbonyl (C=O) groups excluding carboxylic acids is 1. The van der Waals surface area contributed by atoms with E-state index >= 15 is 0 Å². The molecule has 1 aliphatic rings. The second kappa shape index (κ2) is 5.35. The highest BCUT2D eigenvalue weighted by Crippen LogP contribution is 2.18. The Morgan fingerprint density at radius 2 is 2.00 bits per heavy atom. The van der Waals surface area contributed by atoms with Gasteiger partial charge in [-0.05, 0) is 26.7 Å². The highest BCUT2D eigenvalue weighted by molar-refractivity contribution is 5.39. The molecular weight excluding hydrogens is 178 g/mol. The monoisotopic (exact) mass is 198 g/mol. The summed E-state index contributed by atoms with van der Waals surface area (Å²) < 4.78 is 4.85. The van der Waals surface area contributed by atoms with Crippen LogP contribution < -0.4 is 5.32 Å². The first-order valence-electron chi connectivity index (χ1n) is 5.42. The standard InChI is InChI=1S/C11H20NO2/c1-11(2,14-9-13)8-12-10-6-4-3-5-7-10/h10,12H,3-8H2,1-2H3. The van der Waals surface area contributed by atoms with E-state index in [1.54, 1.807) is 0 Å². The van der Waals surface area contributed by atoms with Gasteiger partial charge in [-0.3, -0.25) is 0 Å². The van der Waals surface area contributed by atoms with E-state index in [0.29, 0.717) is 12.6 Å². The summed E-state index contributed by atoms with van der Waals surface area (Å²) in [6.45, 7) is 6.01. The average molecular weight is 198 g/mol. The quantitative estimate of drug-likeness (QED) is 0.731. The molecule has 0 aliphatic heterocycles. The molecule has 1 N–H and O–H groups in total. The minimum atomic E-state index is -0.431. The average Bonchev–Trinajstić information content (AvgIpc) is 2.17. The van der Waals surface area contributed by atoms with Crippen molar-refractivity contribution >= 4 is 6.47 Å². The van der Waals surface area contributed by atoms with E-state index in [9.17, 15) is 4.79 Å². The molecule has 1 fully saturated rings. The lowest BCUT2D eigenvalue weighted by Gasteiger charge is -2.28. The van der Waals surface area contributed by atoms with Gasteiger partial charge in [0.25, 0.3) is 0 Å². The Balaban J connectivity index is 2.20. The maximum Gasteiger partial charge on any atom is 0.418 e. The topological polar surface area (TPSA) is 38.3 Å². The van der Waals surface area contributed by atoms with E-state index in [4.69, 9.17) is 4.74 Å². The lowest BCUT2D eigenvalue weighted by Crippen LogP contribution is -2.42. The van der Waals surface area contributed by atoms with Crippen LogP contribution in [-0.2, 0) is 9.53 Å². The van der Waals surface area contributed by atoms with Gasteiger partial charge in [-0.1, -0.05) is 19.3 Å². The van der Waals surface area contributed by atoms with Gasteiger partial charge in [-0.25, -0.2) is 4.79 Å². The van der Waals surface area contributed by atoms with Crippen LogP contribution in [-0.4, -0.2) is 24.7 Å². The van der Waals surface area contributed by atoms with Gasteiger partial charge < -0.3 is 10.1 Å². The maximum atomic E-state index is 10.1. The maximum absolute atomic E-state index is 10.1. The fourth-order valence-electron chi connectivity index (χ4n) is 1.85. The molecule has 0 bridgehead atoms. The van der Waals surface area contributed by atoms with Gasteiger partial charge in [-0.2, -0.15) is 0 Å². The first-order valence-corrected chi connectivity index (χ1v) is 5.42. The van der Waals surface area contributed by atoms with Crippen molar-refractivity contribution in [3.8, 4) is 0 Å². The van der Waals surface area contributed by atoms with Crippen molar-refractivity contribution in [2.75, 3.05) is 6.54 Å². The Morgan fingerprint density at radius 1 is 1.36 bits per heavy atom. The van der Waals surface area contributed by atoms with Crippen LogP contribution in [0, 0.1) is 0 Å². The van der Waals surface area contributed by atoms with Gasteiger partial charge in [-0.15, -0.1) is 0 Å². The normalized spacial score (nSPS) is 19.3. The lowest BCUT2D eigenvalue weighted by atomic mass is 9.95. The van der Waals surface area contributed by atoms with E-state index in [0.717, 1.165) is 0 Å².